The van der Waals surface area contributed by atoms with E-state index in [4.69, 9.17) is 2.74 Å². The van der Waals surface area contributed by atoms with E-state index in [0.29, 0.717) is 45.9 Å². The predicted molar refractivity (Wildman–Crippen MR) is 432 cm³/mol. The number of hydrogen-bond donors (Lipinski definition) is 0. The normalized spacial score (nSPS) is 15.9. The van der Waals surface area contributed by atoms with Gasteiger partial charge in [-0.05, 0) is 167 Å². The van der Waals surface area contributed by atoms with E-state index in [0.717, 1.165) is 94.1 Å². The van der Waals surface area contributed by atoms with Crippen LogP contribution in [-0.2, 0) is 22.7 Å². The van der Waals surface area contributed by atoms with E-state index in [2.05, 4.69) is 158 Å². The number of benzene rings is 14. The summed E-state index contributed by atoms with van der Waals surface area (Å²) in [5.41, 5.74) is 15.4. The van der Waals surface area contributed by atoms with Gasteiger partial charge in [0.25, 0.3) is 0 Å². The fourth-order valence-corrected chi connectivity index (χ4v) is 16.2. The third-order valence-corrected chi connectivity index (χ3v) is 21.2. The average molecular weight is 1330 g/mol. The topological polar surface area (TPSA) is 16.3 Å². The van der Waals surface area contributed by atoms with Crippen LogP contribution < -0.4 is 9.80 Å². The molecule has 2 aromatic heterocycles. The fourth-order valence-electron chi connectivity index (χ4n) is 16.2. The minimum absolute atomic E-state index is 0.00740. The lowest BCUT2D eigenvalue weighted by molar-refractivity contribution is 0.589. The van der Waals surface area contributed by atoms with Gasteiger partial charge >= 0.3 is 0 Å². The Morgan fingerprint density at radius 2 is 0.745 bits per heavy atom. The van der Waals surface area contributed by atoms with E-state index >= 15 is 0 Å². The first-order valence-corrected chi connectivity index (χ1v) is 35.2. The first kappa shape index (κ1) is 48.1. The highest BCUT2D eigenvalue weighted by atomic mass is 15.2. The quantitative estimate of drug-likeness (QED) is 0.151. The van der Waals surface area contributed by atoms with Gasteiger partial charge in [0.2, 0.25) is 0 Å². The number of para-hydroxylation sites is 3. The van der Waals surface area contributed by atoms with Gasteiger partial charge in [-0.3, -0.25) is 0 Å². The van der Waals surface area contributed by atoms with Crippen LogP contribution in [0, 0.1) is 0 Å². The van der Waals surface area contributed by atoms with Crippen LogP contribution in [0.3, 0.4) is 0 Å². The molecule has 0 radical (unpaired) electrons. The van der Waals surface area contributed by atoms with Crippen LogP contribution in [0.15, 0.2) is 303 Å². The van der Waals surface area contributed by atoms with E-state index in [1.54, 1.807) is 0 Å². The minimum atomic E-state index is -1.39. The summed E-state index contributed by atoms with van der Waals surface area (Å²) in [7, 11) is 0. The summed E-state index contributed by atoms with van der Waals surface area (Å²) in [5, 5.41) is 1.26. The molecular formula is C98H80N4. The van der Waals surface area contributed by atoms with E-state index in [9.17, 15) is 16.4 Å². The van der Waals surface area contributed by atoms with E-state index < -0.39 is 94.3 Å². The summed E-state index contributed by atoms with van der Waals surface area (Å²) < 4.78 is 148. The number of rotatable bonds is 8. The second-order valence-corrected chi connectivity index (χ2v) is 30.5. The molecule has 16 aromatic rings. The lowest BCUT2D eigenvalue weighted by Crippen LogP contribution is -2.31. The van der Waals surface area contributed by atoms with Crippen molar-refractivity contribution < 1.29 is 19.2 Å². The van der Waals surface area contributed by atoms with Gasteiger partial charge in [-0.25, -0.2) is 0 Å². The minimum Gasteiger partial charge on any atom is -0.309 e. The van der Waals surface area contributed by atoms with Crippen molar-refractivity contribution in [1.29, 1.82) is 0 Å². The van der Waals surface area contributed by atoms with E-state index in [1.807, 2.05) is 137 Å². The van der Waals surface area contributed by atoms with Crippen molar-refractivity contribution in [3.05, 3.63) is 347 Å². The largest absolute Gasteiger partial charge is 0.309 e. The van der Waals surface area contributed by atoms with Gasteiger partial charge < -0.3 is 18.9 Å². The van der Waals surface area contributed by atoms with Crippen molar-refractivity contribution in [2.24, 2.45) is 0 Å². The molecule has 14 aromatic carbocycles. The zero-order valence-electron chi connectivity index (χ0n) is 72.4. The molecule has 0 spiro atoms. The molecule has 4 heteroatoms. The highest BCUT2D eigenvalue weighted by molar-refractivity contribution is 6.14. The van der Waals surface area contributed by atoms with Crippen molar-refractivity contribution in [3.63, 3.8) is 0 Å². The van der Waals surface area contributed by atoms with Gasteiger partial charge in [-0.15, -0.1) is 0 Å². The number of aromatic nitrogens is 2. The molecule has 3 aliphatic rings. The zero-order valence-corrected chi connectivity index (χ0v) is 58.4. The molecule has 0 saturated carbocycles. The van der Waals surface area contributed by atoms with Crippen molar-refractivity contribution >= 4 is 77.7 Å². The Hall–Kier alpha value is -11.7. The first-order chi connectivity index (χ1) is 55.4. The molecule has 492 valence electrons. The van der Waals surface area contributed by atoms with Crippen LogP contribution in [0.25, 0.3) is 111 Å². The second kappa shape index (κ2) is 22.9. The van der Waals surface area contributed by atoms with Gasteiger partial charge in [0, 0.05) is 73.1 Å². The van der Waals surface area contributed by atoms with Crippen LogP contribution in [-0.4, -0.2) is 9.13 Å². The standard InChI is InChI=1S/C98H80N4/c1-96(2,3)66-53-79(61-30-14-10-15-31-61)94(80(54-66)62-32-16-11-17-33-62)101-87-59-69(99-84-43-27-24-40-73(84)74-41-25-28-44-85(74)99)46-48-77(87)91-78-49-47-70(100-86-45-29-26-42-75(86)76-51-50-72-71-39-23-22-38-65(71)52-83(72)93(76)100)60-88(78)102(90-58-68(98(7,8)9)57-89(101)92(90)91)95-81(63-34-18-12-19-35-63)55-67(97(4,5)6)56-82(95)64-36-20-13-21-37-64/h10-51,53-60,91H,52H2,1-9H3/i24D,25D,27D,28D,40D,41D,43D,44D,46D,47D,48D,49D,59D,60D. The molecule has 0 N–H and O–H groups in total. The van der Waals surface area contributed by atoms with Crippen LogP contribution >= 0.6 is 0 Å². The lowest BCUT2D eigenvalue weighted by atomic mass is 9.73. The highest BCUT2D eigenvalue weighted by Gasteiger charge is 2.45. The number of hydrogen-bond acceptors (Lipinski definition) is 2. The summed E-state index contributed by atoms with van der Waals surface area (Å²) in [4.78, 5) is 4.20. The Morgan fingerprint density at radius 3 is 1.22 bits per heavy atom. The fraction of sp³-hybridized carbons (Fsp3) is 0.143. The summed E-state index contributed by atoms with van der Waals surface area (Å²) in [5.74, 6) is -1.39. The maximum absolute atomic E-state index is 12.0. The maximum atomic E-state index is 12.0. The van der Waals surface area contributed by atoms with E-state index in [1.165, 1.54) is 4.57 Å². The van der Waals surface area contributed by atoms with Gasteiger partial charge in [-0.1, -0.05) is 287 Å². The molecule has 2 aliphatic heterocycles. The summed E-state index contributed by atoms with van der Waals surface area (Å²) in [6, 6.07) is 66.8. The smallest absolute Gasteiger partial charge is 0.0667 e. The summed E-state index contributed by atoms with van der Waals surface area (Å²) in [6.45, 7) is 19.5. The Morgan fingerprint density at radius 1 is 0.333 bits per heavy atom. The molecule has 102 heavy (non-hydrogen) atoms. The molecule has 4 heterocycles. The van der Waals surface area contributed by atoms with Crippen LogP contribution in [0.4, 0.5) is 34.1 Å². The van der Waals surface area contributed by atoms with Gasteiger partial charge in [-0.2, -0.15) is 0 Å². The molecule has 0 amide bonds. The van der Waals surface area contributed by atoms with Gasteiger partial charge in [0.1, 0.15) is 0 Å². The third-order valence-electron chi connectivity index (χ3n) is 21.2. The second-order valence-electron chi connectivity index (χ2n) is 30.5. The van der Waals surface area contributed by atoms with Gasteiger partial charge in [0.15, 0.2) is 0 Å². The summed E-state index contributed by atoms with van der Waals surface area (Å²) >= 11 is 0. The molecule has 0 fully saturated rings. The zero-order chi connectivity index (χ0) is 81.3. The first-order valence-electron chi connectivity index (χ1n) is 42.2. The molecule has 1 atom stereocenters. The molecular weight excluding hydrogens is 1230 g/mol. The number of nitrogens with zero attached hydrogens (tertiary/aromatic N) is 4. The highest BCUT2D eigenvalue weighted by Crippen LogP contribution is 2.65. The van der Waals surface area contributed by atoms with Crippen LogP contribution in [0.1, 0.15) is 132 Å². The van der Waals surface area contributed by atoms with E-state index in [-0.39, 0.29) is 68.1 Å². The third kappa shape index (κ3) is 9.56. The van der Waals surface area contributed by atoms with Crippen LogP contribution in [0.5, 0.6) is 0 Å². The molecule has 1 unspecified atom stereocenters. The molecule has 0 saturated heterocycles. The Balaban J connectivity index is 1.07. The van der Waals surface area contributed by atoms with Crippen molar-refractivity contribution in [3.8, 4) is 67.0 Å². The SMILES string of the molecule is [2H]c1c([2H])c(-n2c3ccccc3c3ccc4c(c32)Cc2ccccc2-4)c([2H])c2c1C1c3c(cc(C(C)(C)C)cc3N(c3c(-c4ccccc4)cc(C(C)(C)C)cc3-c3ccccc3)c3c([2H])c(-n4c5c([2H])c([2H])c([2H])c([2H])c5c5c([2H])c([2H])c([2H])c([2H])c54)c([2H])c([2H])c31)N2c1c(-c2ccccc2)cc(C(C)(C)C)cc1-c1ccccc1. The van der Waals surface area contributed by atoms with Crippen LogP contribution in [0.2, 0.25) is 0 Å². The Labute approximate surface area is 618 Å². The molecule has 19 rings (SSSR count). The average Bonchev–Trinajstić information content (AvgIpc) is 0.826. The number of fused-ring (bicyclic) bond motifs is 14. The number of anilines is 6. The van der Waals surface area contributed by atoms with Crippen molar-refractivity contribution in [1.82, 2.24) is 9.13 Å². The van der Waals surface area contributed by atoms with Crippen molar-refractivity contribution in [2.75, 3.05) is 9.80 Å². The maximum Gasteiger partial charge on any atom is 0.0667 e. The lowest BCUT2D eigenvalue weighted by Gasteiger charge is -2.47. The molecule has 1 aliphatic carbocycles. The predicted octanol–water partition coefficient (Wildman–Crippen LogP) is 26.8. The Bertz CT molecular complexity index is 6770. The summed E-state index contributed by atoms with van der Waals surface area (Å²) in [6.07, 6.45) is 0.559. The Kier molecular flexibility index (Phi) is 10.8. The van der Waals surface area contributed by atoms with Crippen molar-refractivity contribution in [2.45, 2.75) is 90.9 Å². The molecule has 4 nitrogen and oxygen atoms in total. The monoisotopic (exact) mass is 1330 g/mol. The van der Waals surface area contributed by atoms with Gasteiger partial charge in [0.05, 0.1) is 75.4 Å². The molecule has 0 bridgehead atoms.